The molecule has 0 saturated carbocycles. The summed E-state index contributed by atoms with van der Waals surface area (Å²) in [6.45, 7) is 3.42. The van der Waals surface area contributed by atoms with Crippen LogP contribution in [0.15, 0.2) is 24.3 Å². The van der Waals surface area contributed by atoms with Crippen molar-refractivity contribution < 1.29 is 19.1 Å². The number of esters is 1. The molecule has 1 aromatic carbocycles. The predicted molar refractivity (Wildman–Crippen MR) is 101 cm³/mol. The summed E-state index contributed by atoms with van der Waals surface area (Å²) in [4.78, 5) is 37.5. The molecular weight excluding hydrogens is 346 g/mol. The Hall–Kier alpha value is -3.22. The third-order valence-electron chi connectivity index (χ3n) is 4.78. The molecule has 140 valence electrons. The van der Waals surface area contributed by atoms with Gasteiger partial charge in [0.1, 0.15) is 0 Å². The van der Waals surface area contributed by atoms with Crippen molar-refractivity contribution in [3.8, 4) is 0 Å². The summed E-state index contributed by atoms with van der Waals surface area (Å²) in [5, 5.41) is 4.27. The van der Waals surface area contributed by atoms with Crippen LogP contribution in [-0.2, 0) is 27.8 Å². The second kappa shape index (κ2) is 7.19. The fraction of sp³-hybridized carbons (Fsp3) is 0.300. The Balaban J connectivity index is 1.61. The maximum Gasteiger partial charge on any atom is 0.331 e. The van der Waals surface area contributed by atoms with Crippen LogP contribution in [0.1, 0.15) is 32.9 Å². The van der Waals surface area contributed by atoms with Gasteiger partial charge >= 0.3 is 5.97 Å². The Morgan fingerprint density at radius 3 is 2.67 bits per heavy atom. The lowest BCUT2D eigenvalue weighted by molar-refractivity contribution is -0.136. The summed E-state index contributed by atoms with van der Waals surface area (Å²) in [6, 6.07) is 5.07. The van der Waals surface area contributed by atoms with Gasteiger partial charge in [-0.2, -0.15) is 5.10 Å². The molecule has 2 aromatic rings. The van der Waals surface area contributed by atoms with Gasteiger partial charge in [-0.15, -0.1) is 0 Å². The van der Waals surface area contributed by atoms with Crippen LogP contribution >= 0.6 is 0 Å². The van der Waals surface area contributed by atoms with Gasteiger partial charge in [-0.05, 0) is 43.7 Å². The van der Waals surface area contributed by atoms with E-state index in [4.69, 9.17) is 4.74 Å². The number of hydrogen-bond donors (Lipinski definition) is 0. The number of amides is 1. The summed E-state index contributed by atoms with van der Waals surface area (Å²) >= 11 is 0. The average molecular weight is 367 g/mol. The molecule has 0 fully saturated rings. The summed E-state index contributed by atoms with van der Waals surface area (Å²) in [5.41, 5.74) is 4.64. The van der Waals surface area contributed by atoms with Crippen LogP contribution < -0.4 is 4.90 Å². The third kappa shape index (κ3) is 3.67. The van der Waals surface area contributed by atoms with E-state index < -0.39 is 5.97 Å². The van der Waals surface area contributed by atoms with Gasteiger partial charge in [0.25, 0.3) is 0 Å². The van der Waals surface area contributed by atoms with Crippen molar-refractivity contribution >= 4 is 29.4 Å². The maximum atomic E-state index is 12.3. The molecule has 2 heterocycles. The minimum Gasteiger partial charge on any atom is -0.454 e. The number of Topliss-reactive ketones (excluding diaryl/α,β-unsaturated/α-hetero) is 1. The van der Waals surface area contributed by atoms with Crippen LogP contribution in [0.25, 0.3) is 6.08 Å². The first kappa shape index (κ1) is 18.6. The summed E-state index contributed by atoms with van der Waals surface area (Å²) < 4.78 is 6.78. The van der Waals surface area contributed by atoms with Gasteiger partial charge in [0.05, 0.1) is 12.1 Å². The predicted octanol–water partition coefficient (Wildman–Crippen LogP) is 2.00. The molecule has 0 spiro atoms. The molecule has 7 heteroatoms. The highest BCUT2D eigenvalue weighted by Crippen LogP contribution is 2.28. The van der Waals surface area contributed by atoms with E-state index in [1.165, 1.54) is 6.08 Å². The number of aryl methyl sites for hydroxylation is 2. The second-order valence-corrected chi connectivity index (χ2v) is 6.55. The number of carbonyl (C=O) groups is 3. The largest absolute Gasteiger partial charge is 0.454 e. The Labute approximate surface area is 157 Å². The summed E-state index contributed by atoms with van der Waals surface area (Å²) in [6.07, 6.45) is 3.21. The van der Waals surface area contributed by atoms with Gasteiger partial charge in [-0.1, -0.05) is 0 Å². The van der Waals surface area contributed by atoms with Crippen LogP contribution in [0.3, 0.4) is 0 Å². The lowest BCUT2D eigenvalue weighted by Crippen LogP contribution is -2.20. The molecule has 3 rings (SSSR count). The molecule has 1 amide bonds. The fourth-order valence-corrected chi connectivity index (χ4v) is 3.09. The molecule has 0 unspecified atom stereocenters. The highest BCUT2D eigenvalue weighted by atomic mass is 16.5. The van der Waals surface area contributed by atoms with Crippen LogP contribution in [0.2, 0.25) is 0 Å². The van der Waals surface area contributed by atoms with E-state index in [1.807, 2.05) is 20.9 Å². The standard InChI is InChI=1S/C20H21N3O4/c1-12-16(13(2)23(4)21-12)6-8-20(26)27-11-18(24)14-5-7-17-15(9-14)10-19(25)22(17)3/h5-9H,10-11H2,1-4H3/b8-6+. The highest BCUT2D eigenvalue weighted by Gasteiger charge is 2.24. The zero-order valence-corrected chi connectivity index (χ0v) is 15.8. The molecule has 1 aliphatic heterocycles. The van der Waals surface area contributed by atoms with E-state index in [9.17, 15) is 14.4 Å². The van der Waals surface area contributed by atoms with Crippen molar-refractivity contribution in [3.63, 3.8) is 0 Å². The number of anilines is 1. The van der Waals surface area contributed by atoms with E-state index in [-0.39, 0.29) is 24.7 Å². The quantitative estimate of drug-likeness (QED) is 0.459. The first-order valence-electron chi connectivity index (χ1n) is 8.55. The van der Waals surface area contributed by atoms with Crippen molar-refractivity contribution in [2.75, 3.05) is 18.6 Å². The van der Waals surface area contributed by atoms with Crippen molar-refractivity contribution in [1.29, 1.82) is 0 Å². The third-order valence-corrected chi connectivity index (χ3v) is 4.78. The van der Waals surface area contributed by atoms with Gasteiger partial charge in [0, 0.05) is 42.7 Å². The molecule has 1 aromatic heterocycles. The van der Waals surface area contributed by atoms with Crippen molar-refractivity contribution in [2.24, 2.45) is 7.05 Å². The molecule has 0 bridgehead atoms. The molecule has 0 radical (unpaired) electrons. The molecule has 0 aliphatic carbocycles. The molecule has 0 saturated heterocycles. The molecule has 27 heavy (non-hydrogen) atoms. The summed E-state index contributed by atoms with van der Waals surface area (Å²) in [7, 11) is 3.54. The van der Waals surface area contributed by atoms with E-state index >= 15 is 0 Å². The van der Waals surface area contributed by atoms with Crippen LogP contribution in [0, 0.1) is 13.8 Å². The number of carbonyl (C=O) groups excluding carboxylic acids is 3. The van der Waals surface area contributed by atoms with E-state index in [2.05, 4.69) is 5.10 Å². The Bertz CT molecular complexity index is 972. The van der Waals surface area contributed by atoms with E-state index in [0.29, 0.717) is 5.56 Å². The number of rotatable bonds is 5. The van der Waals surface area contributed by atoms with Gasteiger partial charge in [-0.25, -0.2) is 4.79 Å². The zero-order valence-electron chi connectivity index (χ0n) is 15.8. The Kier molecular flexibility index (Phi) is 4.94. The molecule has 0 atom stereocenters. The Morgan fingerprint density at radius 2 is 2.00 bits per heavy atom. The number of benzene rings is 1. The second-order valence-electron chi connectivity index (χ2n) is 6.55. The SMILES string of the molecule is Cc1nn(C)c(C)c1/C=C/C(=O)OCC(=O)c1ccc2c(c1)CC(=O)N2C. The van der Waals surface area contributed by atoms with Gasteiger partial charge < -0.3 is 9.64 Å². The lowest BCUT2D eigenvalue weighted by atomic mass is 10.1. The first-order chi connectivity index (χ1) is 12.8. The van der Waals surface area contributed by atoms with E-state index in [1.54, 1.807) is 40.9 Å². The topological polar surface area (TPSA) is 81.5 Å². The minimum absolute atomic E-state index is 0.00727. The Morgan fingerprint density at radius 1 is 1.26 bits per heavy atom. The van der Waals surface area contributed by atoms with Crippen LogP contribution in [-0.4, -0.2) is 41.1 Å². The van der Waals surface area contributed by atoms with Crippen molar-refractivity contribution in [1.82, 2.24) is 9.78 Å². The number of aromatic nitrogens is 2. The molecular formula is C20H21N3O4. The lowest BCUT2D eigenvalue weighted by Gasteiger charge is -2.10. The minimum atomic E-state index is -0.595. The normalized spacial score (nSPS) is 13.3. The fourth-order valence-electron chi connectivity index (χ4n) is 3.09. The van der Waals surface area contributed by atoms with Crippen LogP contribution in [0.5, 0.6) is 0 Å². The number of hydrogen-bond acceptors (Lipinski definition) is 5. The maximum absolute atomic E-state index is 12.3. The molecule has 7 nitrogen and oxygen atoms in total. The van der Waals surface area contributed by atoms with E-state index in [0.717, 1.165) is 28.2 Å². The number of ether oxygens (including phenoxy) is 1. The molecule has 1 aliphatic rings. The first-order valence-corrected chi connectivity index (χ1v) is 8.55. The van der Waals surface area contributed by atoms with Gasteiger partial charge in [0.15, 0.2) is 12.4 Å². The average Bonchev–Trinajstić information content (AvgIpc) is 3.05. The monoisotopic (exact) mass is 367 g/mol. The van der Waals surface area contributed by atoms with Crippen LogP contribution in [0.4, 0.5) is 5.69 Å². The number of nitrogens with zero attached hydrogens (tertiary/aromatic N) is 3. The number of ketones is 1. The summed E-state index contributed by atoms with van der Waals surface area (Å²) in [5.74, 6) is -0.912. The molecule has 0 N–H and O–H groups in total. The highest BCUT2D eigenvalue weighted by molar-refractivity contribution is 6.04. The van der Waals surface area contributed by atoms with Crippen molar-refractivity contribution in [2.45, 2.75) is 20.3 Å². The zero-order chi connectivity index (χ0) is 19.7. The van der Waals surface area contributed by atoms with Crippen molar-refractivity contribution in [3.05, 3.63) is 52.4 Å². The van der Waals surface area contributed by atoms with Gasteiger partial charge in [0.2, 0.25) is 5.91 Å². The number of likely N-dealkylation sites (N-methyl/N-ethyl adjacent to an activating group) is 1. The van der Waals surface area contributed by atoms with Gasteiger partial charge in [-0.3, -0.25) is 14.3 Å². The number of fused-ring (bicyclic) bond motifs is 1. The smallest absolute Gasteiger partial charge is 0.331 e.